The minimum atomic E-state index is -0.696. The number of hydrogen-bond donors (Lipinski definition) is 2. The van der Waals surface area contributed by atoms with Gasteiger partial charge in [-0.2, -0.15) is 0 Å². The van der Waals surface area contributed by atoms with Crippen LogP contribution in [0.4, 0.5) is 11.4 Å². The second-order valence-corrected chi connectivity index (χ2v) is 10.4. The largest absolute Gasteiger partial charge is 0.480 e. The van der Waals surface area contributed by atoms with E-state index in [2.05, 4.69) is 47.3 Å². The maximum absolute atomic E-state index is 12.7. The minimum absolute atomic E-state index is 0.0249. The Morgan fingerprint density at radius 2 is 1.44 bits per heavy atom. The predicted octanol–water partition coefficient (Wildman–Crippen LogP) is 7.02. The molecule has 3 aromatic carbocycles. The molecule has 0 heterocycles. The summed E-state index contributed by atoms with van der Waals surface area (Å²) < 4.78 is 6.92. The maximum Gasteiger partial charge on any atom is 0.265 e. The van der Waals surface area contributed by atoms with E-state index in [4.69, 9.17) is 4.74 Å². The summed E-state index contributed by atoms with van der Waals surface area (Å²) in [7, 11) is 0. The second kappa shape index (κ2) is 10.4. The van der Waals surface area contributed by atoms with Crippen molar-refractivity contribution in [1.29, 1.82) is 0 Å². The fraction of sp³-hybridized carbons (Fsp3) is 0.286. The van der Waals surface area contributed by atoms with E-state index in [1.165, 1.54) is 5.56 Å². The van der Waals surface area contributed by atoms with Crippen LogP contribution in [0, 0.1) is 13.8 Å². The Morgan fingerprint density at radius 1 is 0.882 bits per heavy atom. The van der Waals surface area contributed by atoms with Crippen LogP contribution < -0.4 is 15.4 Å². The van der Waals surface area contributed by atoms with Crippen molar-refractivity contribution < 1.29 is 14.3 Å². The van der Waals surface area contributed by atoms with E-state index in [9.17, 15) is 9.59 Å². The summed E-state index contributed by atoms with van der Waals surface area (Å²) in [6.45, 7) is 12.0. The second-order valence-electron chi connectivity index (χ2n) is 9.48. The molecular weight excluding hydrogens is 492 g/mol. The summed E-state index contributed by atoms with van der Waals surface area (Å²) in [6, 6.07) is 18.6. The van der Waals surface area contributed by atoms with Crippen LogP contribution in [0.15, 0.2) is 65.1 Å². The van der Waals surface area contributed by atoms with Crippen LogP contribution in [0.25, 0.3) is 0 Å². The lowest BCUT2D eigenvalue weighted by Crippen LogP contribution is -2.30. The standard InChI is InChI=1S/C28H31BrN2O3/c1-17-14-22(29)15-18(2)25(17)34-19(3)26(32)30-23-8-7-9-24(16-23)31-27(33)20-10-12-21(13-11-20)28(4,5)6/h7-16,19H,1-6H3,(H,30,32)(H,31,33). The quantitative estimate of drug-likeness (QED) is 0.365. The molecule has 0 aliphatic rings. The number of anilines is 2. The molecular formula is C28H31BrN2O3. The first kappa shape index (κ1) is 25.5. The molecule has 0 fully saturated rings. The van der Waals surface area contributed by atoms with Gasteiger partial charge < -0.3 is 15.4 Å². The topological polar surface area (TPSA) is 67.4 Å². The molecule has 0 aliphatic heterocycles. The normalized spacial score (nSPS) is 12.1. The van der Waals surface area contributed by atoms with Crippen LogP contribution in [-0.2, 0) is 10.2 Å². The molecule has 0 spiro atoms. The molecule has 34 heavy (non-hydrogen) atoms. The zero-order chi connectivity index (χ0) is 25.0. The molecule has 0 aromatic heterocycles. The highest BCUT2D eigenvalue weighted by atomic mass is 79.9. The molecule has 2 amide bonds. The first-order chi connectivity index (χ1) is 15.9. The summed E-state index contributed by atoms with van der Waals surface area (Å²) in [6.07, 6.45) is -0.696. The number of amides is 2. The number of halogens is 1. The Morgan fingerprint density at radius 3 is 2.00 bits per heavy atom. The average molecular weight is 523 g/mol. The van der Waals surface area contributed by atoms with Crippen LogP contribution in [0.1, 0.15) is 54.7 Å². The van der Waals surface area contributed by atoms with E-state index in [0.29, 0.717) is 22.7 Å². The van der Waals surface area contributed by atoms with Gasteiger partial charge in [0.25, 0.3) is 11.8 Å². The minimum Gasteiger partial charge on any atom is -0.480 e. The lowest BCUT2D eigenvalue weighted by atomic mass is 9.87. The number of aryl methyl sites for hydroxylation is 2. The first-order valence-electron chi connectivity index (χ1n) is 11.2. The number of benzene rings is 3. The van der Waals surface area contributed by atoms with E-state index in [1.807, 2.05) is 50.2 Å². The fourth-order valence-corrected chi connectivity index (χ4v) is 4.24. The highest BCUT2D eigenvalue weighted by molar-refractivity contribution is 9.10. The number of carbonyl (C=O) groups excluding carboxylic acids is 2. The Hall–Kier alpha value is -3.12. The van der Waals surface area contributed by atoms with Crippen LogP contribution in [0.5, 0.6) is 5.75 Å². The monoisotopic (exact) mass is 522 g/mol. The van der Waals surface area contributed by atoms with E-state index < -0.39 is 6.10 Å². The molecule has 3 aromatic rings. The van der Waals surface area contributed by atoms with Crippen molar-refractivity contribution in [1.82, 2.24) is 0 Å². The smallest absolute Gasteiger partial charge is 0.265 e. The third-order valence-electron chi connectivity index (χ3n) is 5.49. The van der Waals surface area contributed by atoms with Crippen molar-refractivity contribution in [2.45, 2.75) is 53.1 Å². The van der Waals surface area contributed by atoms with Crippen LogP contribution in [0.2, 0.25) is 0 Å². The van der Waals surface area contributed by atoms with Gasteiger partial charge in [-0.3, -0.25) is 9.59 Å². The number of carbonyl (C=O) groups is 2. The zero-order valence-electron chi connectivity index (χ0n) is 20.5. The SMILES string of the molecule is Cc1cc(Br)cc(C)c1OC(C)C(=O)Nc1cccc(NC(=O)c2ccc(C(C)(C)C)cc2)c1. The van der Waals surface area contributed by atoms with E-state index in [1.54, 1.807) is 31.2 Å². The number of rotatable bonds is 6. The van der Waals surface area contributed by atoms with Gasteiger partial charge in [0.15, 0.2) is 6.10 Å². The molecule has 0 bridgehead atoms. The van der Waals surface area contributed by atoms with Gasteiger partial charge in [-0.05, 0) is 85.3 Å². The molecule has 1 unspecified atom stereocenters. The van der Waals surface area contributed by atoms with Gasteiger partial charge in [-0.1, -0.05) is 54.9 Å². The molecule has 0 aliphatic carbocycles. The Kier molecular flexibility index (Phi) is 7.82. The zero-order valence-corrected chi connectivity index (χ0v) is 22.0. The first-order valence-corrected chi connectivity index (χ1v) is 12.0. The summed E-state index contributed by atoms with van der Waals surface area (Å²) in [4.78, 5) is 25.4. The third-order valence-corrected chi connectivity index (χ3v) is 5.95. The molecule has 0 radical (unpaired) electrons. The predicted molar refractivity (Wildman–Crippen MR) is 142 cm³/mol. The number of ether oxygens (including phenoxy) is 1. The van der Waals surface area contributed by atoms with Gasteiger partial charge in [-0.15, -0.1) is 0 Å². The van der Waals surface area contributed by atoms with Gasteiger partial charge in [0.05, 0.1) is 0 Å². The maximum atomic E-state index is 12.7. The van der Waals surface area contributed by atoms with Crippen molar-refractivity contribution in [3.8, 4) is 5.75 Å². The van der Waals surface area contributed by atoms with Crippen molar-refractivity contribution in [3.05, 3.63) is 87.4 Å². The fourth-order valence-electron chi connectivity index (χ4n) is 3.56. The van der Waals surface area contributed by atoms with Crippen LogP contribution in [0.3, 0.4) is 0 Å². The Balaban J connectivity index is 1.65. The van der Waals surface area contributed by atoms with Gasteiger partial charge in [-0.25, -0.2) is 0 Å². The van der Waals surface area contributed by atoms with Crippen LogP contribution >= 0.6 is 15.9 Å². The molecule has 178 valence electrons. The molecule has 0 saturated carbocycles. The molecule has 5 nitrogen and oxygen atoms in total. The number of nitrogens with one attached hydrogen (secondary N) is 2. The summed E-state index contributed by atoms with van der Waals surface area (Å²) in [5.74, 6) is 0.217. The number of hydrogen-bond acceptors (Lipinski definition) is 3. The van der Waals surface area contributed by atoms with Crippen LogP contribution in [-0.4, -0.2) is 17.9 Å². The third kappa shape index (κ3) is 6.48. The molecule has 2 N–H and O–H groups in total. The average Bonchev–Trinajstić information content (AvgIpc) is 2.75. The van der Waals surface area contributed by atoms with E-state index in [-0.39, 0.29) is 17.2 Å². The summed E-state index contributed by atoms with van der Waals surface area (Å²) in [5.41, 5.74) is 4.83. The van der Waals surface area contributed by atoms with E-state index >= 15 is 0 Å². The molecule has 6 heteroatoms. The molecule has 0 saturated heterocycles. The van der Waals surface area contributed by atoms with Crippen molar-refractivity contribution in [2.24, 2.45) is 0 Å². The lowest BCUT2D eigenvalue weighted by Gasteiger charge is -2.19. The summed E-state index contributed by atoms with van der Waals surface area (Å²) >= 11 is 3.47. The van der Waals surface area contributed by atoms with E-state index in [0.717, 1.165) is 15.6 Å². The molecule has 1 atom stereocenters. The summed E-state index contributed by atoms with van der Waals surface area (Å²) in [5, 5.41) is 5.76. The Labute approximate surface area is 210 Å². The van der Waals surface area contributed by atoms with Gasteiger partial charge in [0.1, 0.15) is 5.75 Å². The van der Waals surface area contributed by atoms with Crippen molar-refractivity contribution in [2.75, 3.05) is 10.6 Å². The highest BCUT2D eigenvalue weighted by Gasteiger charge is 2.18. The van der Waals surface area contributed by atoms with Gasteiger partial charge in [0.2, 0.25) is 0 Å². The van der Waals surface area contributed by atoms with Crippen molar-refractivity contribution in [3.63, 3.8) is 0 Å². The van der Waals surface area contributed by atoms with Gasteiger partial charge in [0, 0.05) is 21.4 Å². The van der Waals surface area contributed by atoms with Crippen molar-refractivity contribution >= 4 is 39.1 Å². The Bertz CT molecular complexity index is 1170. The lowest BCUT2D eigenvalue weighted by molar-refractivity contribution is -0.122. The van der Waals surface area contributed by atoms with Gasteiger partial charge >= 0.3 is 0 Å². The molecule has 3 rings (SSSR count). The highest BCUT2D eigenvalue weighted by Crippen LogP contribution is 2.28.